The molecule has 0 amide bonds. The number of aromatic carboxylic acids is 1. The number of carbonyl (C=O) groups is 1. The minimum Gasteiger partial charge on any atom is -0.476 e. The molecule has 0 fully saturated rings. The van der Waals surface area contributed by atoms with Crippen LogP contribution in [0.3, 0.4) is 0 Å². The van der Waals surface area contributed by atoms with Crippen molar-refractivity contribution in [1.82, 2.24) is 9.55 Å². The van der Waals surface area contributed by atoms with E-state index in [1.807, 2.05) is 18.5 Å². The first-order chi connectivity index (χ1) is 7.50. The van der Waals surface area contributed by atoms with Gasteiger partial charge in [0, 0.05) is 16.9 Å². The number of carboxylic acid groups (broad SMARTS) is 1. The van der Waals surface area contributed by atoms with Crippen LogP contribution in [0.1, 0.15) is 16.3 Å². The van der Waals surface area contributed by atoms with Gasteiger partial charge in [0.1, 0.15) is 5.82 Å². The van der Waals surface area contributed by atoms with E-state index >= 15 is 0 Å². The average Bonchev–Trinajstić information content (AvgIpc) is 2.73. The van der Waals surface area contributed by atoms with Crippen molar-refractivity contribution in [2.75, 3.05) is 0 Å². The summed E-state index contributed by atoms with van der Waals surface area (Å²) in [6.07, 6.45) is 0. The second-order valence-electron chi connectivity index (χ2n) is 3.35. The molecule has 84 valence electrons. The highest BCUT2D eigenvalue weighted by Gasteiger charge is 2.20. The number of rotatable bonds is 2. The molecule has 2 rings (SSSR count). The second kappa shape index (κ2) is 4.03. The Morgan fingerprint density at radius 2 is 2.31 bits per heavy atom. The van der Waals surface area contributed by atoms with Crippen molar-refractivity contribution in [3.63, 3.8) is 0 Å². The molecular weight excluding hydrogens is 292 g/mol. The zero-order valence-corrected chi connectivity index (χ0v) is 11.1. The average molecular weight is 301 g/mol. The van der Waals surface area contributed by atoms with E-state index in [-0.39, 0.29) is 5.69 Å². The monoisotopic (exact) mass is 300 g/mol. The molecule has 0 atom stereocenters. The Hall–Kier alpha value is -1.14. The molecule has 0 radical (unpaired) electrons. The lowest BCUT2D eigenvalue weighted by atomic mass is 10.3. The van der Waals surface area contributed by atoms with E-state index < -0.39 is 5.97 Å². The zero-order valence-electron chi connectivity index (χ0n) is 8.69. The molecule has 0 aliphatic heterocycles. The molecule has 0 bridgehead atoms. The summed E-state index contributed by atoms with van der Waals surface area (Å²) >= 11 is 4.85. The maximum atomic E-state index is 11.1. The van der Waals surface area contributed by atoms with Crippen molar-refractivity contribution in [3.8, 4) is 10.6 Å². The lowest BCUT2D eigenvalue weighted by Crippen LogP contribution is -2.00. The number of thiophene rings is 1. The summed E-state index contributed by atoms with van der Waals surface area (Å²) in [5, 5.41) is 11.0. The first-order valence-electron chi connectivity index (χ1n) is 4.51. The van der Waals surface area contributed by atoms with Gasteiger partial charge in [0.05, 0.1) is 10.6 Å². The van der Waals surface area contributed by atoms with Crippen molar-refractivity contribution >= 4 is 33.2 Å². The predicted octanol–water partition coefficient (Wildman–Crippen LogP) is 2.92. The first-order valence-corrected chi connectivity index (χ1v) is 6.19. The number of hydrogen-bond donors (Lipinski definition) is 1. The third kappa shape index (κ3) is 1.78. The van der Waals surface area contributed by atoms with Gasteiger partial charge in [-0.05, 0) is 28.9 Å². The molecule has 0 aromatic carbocycles. The number of aromatic nitrogens is 2. The molecule has 16 heavy (non-hydrogen) atoms. The molecule has 1 N–H and O–H groups in total. The van der Waals surface area contributed by atoms with Crippen LogP contribution >= 0.6 is 27.3 Å². The molecule has 0 unspecified atom stereocenters. The van der Waals surface area contributed by atoms with Crippen molar-refractivity contribution < 1.29 is 9.90 Å². The number of imidazole rings is 1. The van der Waals surface area contributed by atoms with E-state index in [2.05, 4.69) is 20.9 Å². The van der Waals surface area contributed by atoms with Crippen molar-refractivity contribution in [2.45, 2.75) is 6.92 Å². The molecule has 0 saturated carbocycles. The summed E-state index contributed by atoms with van der Waals surface area (Å²) in [7, 11) is 1.82. The Balaban J connectivity index is 2.67. The molecule has 0 spiro atoms. The normalized spacial score (nSPS) is 10.7. The minimum absolute atomic E-state index is 0.106. The van der Waals surface area contributed by atoms with Crippen LogP contribution < -0.4 is 0 Å². The Labute approximate surface area is 105 Å². The largest absolute Gasteiger partial charge is 0.476 e. The highest BCUT2D eigenvalue weighted by Crippen LogP contribution is 2.32. The number of halogens is 1. The Bertz CT molecular complexity index is 559. The fourth-order valence-electron chi connectivity index (χ4n) is 1.48. The van der Waals surface area contributed by atoms with Crippen LogP contribution in [0.2, 0.25) is 0 Å². The summed E-state index contributed by atoms with van der Waals surface area (Å²) < 4.78 is 2.74. The van der Waals surface area contributed by atoms with E-state index in [4.69, 9.17) is 5.11 Å². The molecule has 2 heterocycles. The number of hydrogen-bond acceptors (Lipinski definition) is 3. The van der Waals surface area contributed by atoms with Gasteiger partial charge in [0.15, 0.2) is 5.69 Å². The maximum absolute atomic E-state index is 11.1. The zero-order chi connectivity index (χ0) is 11.9. The molecule has 0 aliphatic carbocycles. The van der Waals surface area contributed by atoms with E-state index in [1.165, 1.54) is 11.3 Å². The van der Waals surface area contributed by atoms with Gasteiger partial charge in [-0.1, -0.05) is 0 Å². The first kappa shape index (κ1) is 11.3. The molecule has 2 aromatic rings. The SMILES string of the molecule is Cc1nc(C(=O)O)c(-c2cc(Br)cs2)n1C. The van der Waals surface area contributed by atoms with E-state index in [0.29, 0.717) is 11.5 Å². The van der Waals surface area contributed by atoms with Gasteiger partial charge in [0.2, 0.25) is 0 Å². The molecule has 6 heteroatoms. The molecule has 0 saturated heterocycles. The summed E-state index contributed by atoms with van der Waals surface area (Å²) in [6, 6.07) is 1.90. The minimum atomic E-state index is -0.997. The molecule has 2 aromatic heterocycles. The Morgan fingerprint density at radius 3 is 2.81 bits per heavy atom. The fraction of sp³-hybridized carbons (Fsp3) is 0.200. The number of carboxylic acids is 1. The van der Waals surface area contributed by atoms with Crippen LogP contribution in [0.5, 0.6) is 0 Å². The van der Waals surface area contributed by atoms with Gasteiger partial charge in [-0.15, -0.1) is 11.3 Å². The predicted molar refractivity (Wildman–Crippen MR) is 65.9 cm³/mol. The lowest BCUT2D eigenvalue weighted by molar-refractivity contribution is 0.0692. The van der Waals surface area contributed by atoms with Crippen molar-refractivity contribution in [1.29, 1.82) is 0 Å². The number of aryl methyl sites for hydroxylation is 1. The fourth-order valence-corrected chi connectivity index (χ4v) is 2.99. The quantitative estimate of drug-likeness (QED) is 0.928. The van der Waals surface area contributed by atoms with Gasteiger partial charge in [0.25, 0.3) is 0 Å². The van der Waals surface area contributed by atoms with Gasteiger partial charge in [-0.3, -0.25) is 0 Å². The Morgan fingerprint density at radius 1 is 1.62 bits per heavy atom. The summed E-state index contributed by atoms with van der Waals surface area (Å²) in [5.41, 5.74) is 0.759. The summed E-state index contributed by atoms with van der Waals surface area (Å²) in [5.74, 6) is -0.305. The smallest absolute Gasteiger partial charge is 0.356 e. The molecular formula is C10H9BrN2O2S. The Kier molecular flexibility index (Phi) is 2.86. The van der Waals surface area contributed by atoms with Crippen LogP contribution in [0.25, 0.3) is 10.6 Å². The van der Waals surface area contributed by atoms with Crippen LogP contribution in [-0.4, -0.2) is 20.6 Å². The standard InChI is InChI=1S/C10H9BrN2O2S/c1-5-12-8(10(14)15)9(13(5)2)7-3-6(11)4-16-7/h3-4H,1-2H3,(H,14,15). The summed E-state index contributed by atoms with van der Waals surface area (Å²) in [6.45, 7) is 1.79. The van der Waals surface area contributed by atoms with Gasteiger partial charge in [-0.25, -0.2) is 9.78 Å². The topological polar surface area (TPSA) is 55.1 Å². The second-order valence-corrected chi connectivity index (χ2v) is 5.18. The van der Waals surface area contributed by atoms with Gasteiger partial charge < -0.3 is 9.67 Å². The maximum Gasteiger partial charge on any atom is 0.356 e. The number of nitrogens with zero attached hydrogens (tertiary/aromatic N) is 2. The summed E-state index contributed by atoms with van der Waals surface area (Å²) in [4.78, 5) is 16.0. The van der Waals surface area contributed by atoms with E-state index in [1.54, 1.807) is 11.5 Å². The van der Waals surface area contributed by atoms with E-state index in [9.17, 15) is 4.79 Å². The highest BCUT2D eigenvalue weighted by molar-refractivity contribution is 9.10. The van der Waals surface area contributed by atoms with Gasteiger partial charge in [-0.2, -0.15) is 0 Å². The van der Waals surface area contributed by atoms with Crippen molar-refractivity contribution in [3.05, 3.63) is 27.4 Å². The van der Waals surface area contributed by atoms with E-state index in [0.717, 1.165) is 9.35 Å². The van der Waals surface area contributed by atoms with Gasteiger partial charge >= 0.3 is 5.97 Å². The third-order valence-electron chi connectivity index (χ3n) is 2.32. The van der Waals surface area contributed by atoms with Crippen LogP contribution in [-0.2, 0) is 7.05 Å². The van der Waals surface area contributed by atoms with Crippen LogP contribution in [0.4, 0.5) is 0 Å². The van der Waals surface area contributed by atoms with Crippen molar-refractivity contribution in [2.24, 2.45) is 7.05 Å². The molecule has 0 aliphatic rings. The highest BCUT2D eigenvalue weighted by atomic mass is 79.9. The molecule has 4 nitrogen and oxygen atoms in total. The third-order valence-corrected chi connectivity index (χ3v) is 4.02. The van der Waals surface area contributed by atoms with Crippen LogP contribution in [0.15, 0.2) is 15.9 Å². The van der Waals surface area contributed by atoms with Crippen LogP contribution in [0, 0.1) is 6.92 Å². The lowest BCUT2D eigenvalue weighted by Gasteiger charge is -2.01.